The van der Waals surface area contributed by atoms with E-state index in [9.17, 15) is 9.59 Å². The molecule has 1 aromatic carbocycles. The number of hydrogen-bond donors (Lipinski definition) is 0. The fourth-order valence-electron chi connectivity index (χ4n) is 3.39. The van der Waals surface area contributed by atoms with Gasteiger partial charge in [0.15, 0.2) is 0 Å². The lowest BCUT2D eigenvalue weighted by atomic mass is 10.1. The lowest BCUT2D eigenvalue weighted by Gasteiger charge is -2.28. The predicted molar refractivity (Wildman–Crippen MR) is 91.1 cm³/mol. The standard InChI is InChI=1S/C17H15ClN2O2S/c18-11-5-6-13-12(9-11)16(21)17(22)20(13)10-19-7-1-3-14(19)15-4-2-8-23-15/h2,4-6,8-9,14H,1,3,7,10H2/t14-/m1/s1. The first-order valence-electron chi connectivity index (χ1n) is 7.58. The molecule has 1 fully saturated rings. The van der Waals surface area contributed by atoms with E-state index in [1.54, 1.807) is 34.4 Å². The number of fused-ring (bicyclic) bond motifs is 1. The quantitative estimate of drug-likeness (QED) is 0.795. The van der Waals surface area contributed by atoms with Crippen molar-refractivity contribution < 1.29 is 9.59 Å². The van der Waals surface area contributed by atoms with Gasteiger partial charge in [0, 0.05) is 22.5 Å². The van der Waals surface area contributed by atoms with E-state index in [4.69, 9.17) is 11.6 Å². The van der Waals surface area contributed by atoms with Crippen LogP contribution in [0.1, 0.15) is 34.1 Å². The highest BCUT2D eigenvalue weighted by molar-refractivity contribution is 7.10. The monoisotopic (exact) mass is 346 g/mol. The van der Waals surface area contributed by atoms with Crippen LogP contribution in [0.4, 0.5) is 5.69 Å². The van der Waals surface area contributed by atoms with Gasteiger partial charge in [-0.05, 0) is 42.5 Å². The van der Waals surface area contributed by atoms with Crippen LogP contribution in [0.3, 0.4) is 0 Å². The van der Waals surface area contributed by atoms with Gasteiger partial charge in [0.2, 0.25) is 0 Å². The maximum Gasteiger partial charge on any atom is 0.300 e. The first kappa shape index (κ1) is 14.9. The number of amides is 1. The number of hydrogen-bond acceptors (Lipinski definition) is 4. The Balaban J connectivity index is 1.62. The fourth-order valence-corrected chi connectivity index (χ4v) is 4.46. The molecular weight excluding hydrogens is 332 g/mol. The highest BCUT2D eigenvalue weighted by atomic mass is 35.5. The van der Waals surface area contributed by atoms with Gasteiger partial charge in [0.1, 0.15) is 0 Å². The Bertz CT molecular complexity index is 775. The van der Waals surface area contributed by atoms with Gasteiger partial charge < -0.3 is 0 Å². The van der Waals surface area contributed by atoms with Crippen LogP contribution in [0.2, 0.25) is 5.02 Å². The first-order chi connectivity index (χ1) is 11.1. The highest BCUT2D eigenvalue weighted by Crippen LogP contribution is 2.37. The molecule has 0 unspecified atom stereocenters. The Morgan fingerprint density at radius 2 is 2.13 bits per heavy atom. The number of likely N-dealkylation sites (tertiary alicyclic amines) is 1. The number of halogens is 1. The Morgan fingerprint density at radius 3 is 2.91 bits per heavy atom. The normalized spacial score (nSPS) is 21.3. The van der Waals surface area contributed by atoms with Crippen molar-refractivity contribution >= 4 is 40.3 Å². The molecule has 118 valence electrons. The number of rotatable bonds is 3. The maximum absolute atomic E-state index is 12.4. The summed E-state index contributed by atoms with van der Waals surface area (Å²) in [6.07, 6.45) is 2.19. The molecule has 2 aliphatic heterocycles. The SMILES string of the molecule is O=C1C(=O)N(CN2CCC[C@@H]2c2cccs2)c2ccc(Cl)cc21. The number of ketones is 1. The summed E-state index contributed by atoms with van der Waals surface area (Å²) in [6.45, 7) is 1.38. The summed E-state index contributed by atoms with van der Waals surface area (Å²) in [4.78, 5) is 29.7. The average molecular weight is 347 g/mol. The number of carbonyl (C=O) groups is 2. The molecule has 1 saturated heterocycles. The second-order valence-electron chi connectivity index (χ2n) is 5.85. The van der Waals surface area contributed by atoms with Crippen LogP contribution in [0, 0.1) is 0 Å². The van der Waals surface area contributed by atoms with E-state index in [0.717, 1.165) is 19.4 Å². The molecule has 2 aliphatic rings. The molecule has 0 spiro atoms. The molecule has 0 saturated carbocycles. The topological polar surface area (TPSA) is 40.6 Å². The van der Waals surface area contributed by atoms with Gasteiger partial charge in [-0.1, -0.05) is 17.7 Å². The molecule has 4 rings (SSSR count). The summed E-state index contributed by atoms with van der Waals surface area (Å²) in [5, 5.41) is 2.55. The molecule has 6 heteroatoms. The average Bonchev–Trinajstić information content (AvgIpc) is 3.25. The zero-order valence-electron chi connectivity index (χ0n) is 12.4. The van der Waals surface area contributed by atoms with Crippen LogP contribution in [-0.2, 0) is 4.79 Å². The maximum atomic E-state index is 12.4. The summed E-state index contributed by atoms with van der Waals surface area (Å²) < 4.78 is 0. The lowest BCUT2D eigenvalue weighted by Crippen LogP contribution is -2.40. The number of thiophene rings is 1. The minimum absolute atomic E-state index is 0.328. The molecule has 0 N–H and O–H groups in total. The highest BCUT2D eigenvalue weighted by Gasteiger charge is 2.38. The third-order valence-corrected chi connectivity index (χ3v) is 5.70. The van der Waals surface area contributed by atoms with Gasteiger partial charge in [-0.25, -0.2) is 0 Å². The number of nitrogens with zero attached hydrogens (tertiary/aromatic N) is 2. The van der Waals surface area contributed by atoms with Gasteiger partial charge in [-0.15, -0.1) is 11.3 Å². The summed E-state index contributed by atoms with van der Waals surface area (Å²) in [6, 6.07) is 9.58. The summed E-state index contributed by atoms with van der Waals surface area (Å²) in [7, 11) is 0. The number of anilines is 1. The van der Waals surface area contributed by atoms with Crippen LogP contribution in [0.5, 0.6) is 0 Å². The van der Waals surface area contributed by atoms with E-state index >= 15 is 0 Å². The van der Waals surface area contributed by atoms with Crippen LogP contribution < -0.4 is 4.90 Å². The number of Topliss-reactive ketones (excluding diaryl/α,β-unsaturated/α-hetero) is 1. The van der Waals surface area contributed by atoms with E-state index in [1.807, 2.05) is 0 Å². The molecule has 1 aromatic heterocycles. The van der Waals surface area contributed by atoms with Crippen LogP contribution >= 0.6 is 22.9 Å². The first-order valence-corrected chi connectivity index (χ1v) is 8.84. The summed E-state index contributed by atoms with van der Waals surface area (Å²) >= 11 is 7.70. The Hall–Kier alpha value is -1.69. The van der Waals surface area contributed by atoms with Crippen molar-refractivity contribution in [1.29, 1.82) is 0 Å². The fraction of sp³-hybridized carbons (Fsp3) is 0.294. The Kier molecular flexibility index (Phi) is 3.71. The largest absolute Gasteiger partial charge is 0.300 e. The third kappa shape index (κ3) is 2.49. The van der Waals surface area contributed by atoms with Crippen molar-refractivity contribution in [2.24, 2.45) is 0 Å². The van der Waals surface area contributed by atoms with Crippen LogP contribution in [0.15, 0.2) is 35.7 Å². The zero-order chi connectivity index (χ0) is 16.0. The third-order valence-electron chi connectivity index (χ3n) is 4.49. The van der Waals surface area contributed by atoms with Crippen molar-refractivity contribution in [2.75, 3.05) is 18.1 Å². The van der Waals surface area contributed by atoms with Crippen molar-refractivity contribution in [2.45, 2.75) is 18.9 Å². The van der Waals surface area contributed by atoms with E-state index in [1.165, 1.54) is 4.88 Å². The minimum Gasteiger partial charge on any atom is -0.291 e. The molecular formula is C17H15ClN2O2S. The van der Waals surface area contributed by atoms with Gasteiger partial charge in [-0.2, -0.15) is 0 Å². The molecule has 3 heterocycles. The second kappa shape index (κ2) is 5.74. The van der Waals surface area contributed by atoms with Gasteiger partial charge >= 0.3 is 5.91 Å². The summed E-state index contributed by atoms with van der Waals surface area (Å²) in [5.41, 5.74) is 1.08. The molecule has 0 radical (unpaired) electrons. The Morgan fingerprint density at radius 1 is 1.26 bits per heavy atom. The van der Waals surface area contributed by atoms with Crippen molar-refractivity contribution in [1.82, 2.24) is 4.90 Å². The van der Waals surface area contributed by atoms with Gasteiger partial charge in [0.05, 0.1) is 17.9 Å². The summed E-state index contributed by atoms with van der Waals surface area (Å²) in [5.74, 6) is -0.923. The van der Waals surface area contributed by atoms with Crippen LogP contribution in [-0.4, -0.2) is 29.8 Å². The number of benzene rings is 1. The molecule has 2 aromatic rings. The lowest BCUT2D eigenvalue weighted by molar-refractivity contribution is -0.114. The molecule has 4 nitrogen and oxygen atoms in total. The molecule has 23 heavy (non-hydrogen) atoms. The second-order valence-corrected chi connectivity index (χ2v) is 7.27. The molecule has 0 bridgehead atoms. The van der Waals surface area contributed by atoms with Gasteiger partial charge in [-0.3, -0.25) is 19.4 Å². The predicted octanol–water partition coefficient (Wildman–Crippen LogP) is 3.73. The van der Waals surface area contributed by atoms with E-state index < -0.39 is 11.7 Å². The zero-order valence-corrected chi connectivity index (χ0v) is 13.9. The minimum atomic E-state index is -0.464. The van der Waals surface area contributed by atoms with Crippen LogP contribution in [0.25, 0.3) is 0 Å². The van der Waals surface area contributed by atoms with Gasteiger partial charge in [0.25, 0.3) is 5.78 Å². The van der Waals surface area contributed by atoms with E-state index in [-0.39, 0.29) is 0 Å². The van der Waals surface area contributed by atoms with Crippen molar-refractivity contribution in [3.05, 3.63) is 51.2 Å². The molecule has 1 amide bonds. The smallest absolute Gasteiger partial charge is 0.291 e. The van der Waals surface area contributed by atoms with E-state index in [2.05, 4.69) is 22.4 Å². The van der Waals surface area contributed by atoms with Crippen molar-refractivity contribution in [3.63, 3.8) is 0 Å². The number of carbonyl (C=O) groups excluding carboxylic acids is 2. The van der Waals surface area contributed by atoms with Crippen molar-refractivity contribution in [3.8, 4) is 0 Å². The Labute approximate surface area is 143 Å². The molecule has 0 aliphatic carbocycles. The molecule has 1 atom stereocenters. The van der Waals surface area contributed by atoms with E-state index in [0.29, 0.717) is 29.0 Å².